The number of carbonyl (C=O) groups is 1. The monoisotopic (exact) mass is 284 g/mol. The molecular formula is C16H32N2O2. The second-order valence-electron chi connectivity index (χ2n) is 6.98. The Balaban J connectivity index is 2.40. The van der Waals surface area contributed by atoms with Crippen LogP contribution in [-0.4, -0.2) is 41.8 Å². The van der Waals surface area contributed by atoms with Crippen molar-refractivity contribution in [2.24, 2.45) is 0 Å². The zero-order valence-corrected chi connectivity index (χ0v) is 13.9. The van der Waals surface area contributed by atoms with Gasteiger partial charge in [-0.05, 0) is 47.0 Å². The average molecular weight is 284 g/mol. The Labute approximate surface area is 124 Å². The van der Waals surface area contributed by atoms with Crippen LogP contribution in [0.25, 0.3) is 0 Å². The molecule has 1 aliphatic heterocycles. The molecular weight excluding hydrogens is 252 g/mol. The summed E-state index contributed by atoms with van der Waals surface area (Å²) in [7, 11) is 0. The predicted molar refractivity (Wildman–Crippen MR) is 83.0 cm³/mol. The van der Waals surface area contributed by atoms with Gasteiger partial charge in [-0.15, -0.1) is 0 Å². The van der Waals surface area contributed by atoms with Gasteiger partial charge in [-0.1, -0.05) is 19.8 Å². The molecule has 0 saturated carbocycles. The molecule has 2 atom stereocenters. The van der Waals surface area contributed by atoms with Gasteiger partial charge < -0.3 is 15.0 Å². The molecule has 0 aromatic carbocycles. The number of ether oxygens (including phenoxy) is 1. The summed E-state index contributed by atoms with van der Waals surface area (Å²) in [6.45, 7) is 11.8. The van der Waals surface area contributed by atoms with Crippen LogP contribution in [-0.2, 0) is 4.74 Å². The molecule has 0 bridgehead atoms. The lowest BCUT2D eigenvalue weighted by Gasteiger charge is -2.35. The Morgan fingerprint density at radius 1 is 1.45 bits per heavy atom. The highest BCUT2D eigenvalue weighted by Gasteiger charge is 2.27. The summed E-state index contributed by atoms with van der Waals surface area (Å²) >= 11 is 0. The van der Waals surface area contributed by atoms with Crippen LogP contribution in [0.1, 0.15) is 66.7 Å². The van der Waals surface area contributed by atoms with E-state index in [1.165, 1.54) is 19.3 Å². The van der Waals surface area contributed by atoms with E-state index in [2.05, 4.69) is 19.2 Å². The number of likely N-dealkylation sites (tertiary alicyclic amines) is 1. The first-order valence-electron chi connectivity index (χ1n) is 8.05. The fourth-order valence-corrected chi connectivity index (χ4v) is 2.60. The Hall–Kier alpha value is -0.770. The lowest BCUT2D eigenvalue weighted by molar-refractivity contribution is 0.0183. The second kappa shape index (κ2) is 7.87. The van der Waals surface area contributed by atoms with E-state index in [1.807, 2.05) is 25.7 Å². The van der Waals surface area contributed by atoms with Crippen LogP contribution in [0.3, 0.4) is 0 Å². The van der Waals surface area contributed by atoms with Gasteiger partial charge >= 0.3 is 6.09 Å². The fourth-order valence-electron chi connectivity index (χ4n) is 2.60. The first kappa shape index (κ1) is 17.3. The normalized spacial score (nSPS) is 21.6. The van der Waals surface area contributed by atoms with E-state index in [9.17, 15) is 4.79 Å². The third kappa shape index (κ3) is 6.60. The standard InChI is InChI=1S/C16H32N2O2/c1-6-7-9-13(2)17-14-10-8-11-18(12-14)15(19)20-16(3,4)5/h13-14,17H,6-12H2,1-5H3. The molecule has 0 aromatic rings. The van der Waals surface area contributed by atoms with Gasteiger partial charge in [-0.3, -0.25) is 0 Å². The number of piperidine rings is 1. The van der Waals surface area contributed by atoms with Crippen molar-refractivity contribution in [3.63, 3.8) is 0 Å². The lowest BCUT2D eigenvalue weighted by atomic mass is 10.0. The van der Waals surface area contributed by atoms with Gasteiger partial charge in [0, 0.05) is 25.2 Å². The molecule has 1 aliphatic rings. The summed E-state index contributed by atoms with van der Waals surface area (Å²) in [5.41, 5.74) is -0.411. The fraction of sp³-hybridized carbons (Fsp3) is 0.938. The van der Waals surface area contributed by atoms with E-state index in [1.54, 1.807) is 0 Å². The van der Waals surface area contributed by atoms with E-state index in [-0.39, 0.29) is 6.09 Å². The van der Waals surface area contributed by atoms with Crippen molar-refractivity contribution in [3.05, 3.63) is 0 Å². The molecule has 1 heterocycles. The first-order valence-corrected chi connectivity index (χ1v) is 8.05. The van der Waals surface area contributed by atoms with Gasteiger partial charge in [-0.25, -0.2) is 4.79 Å². The molecule has 1 fully saturated rings. The number of hydrogen-bond acceptors (Lipinski definition) is 3. The van der Waals surface area contributed by atoms with Crippen molar-refractivity contribution >= 4 is 6.09 Å². The molecule has 1 rings (SSSR count). The molecule has 20 heavy (non-hydrogen) atoms. The second-order valence-corrected chi connectivity index (χ2v) is 6.98. The number of amides is 1. The molecule has 2 unspecified atom stereocenters. The van der Waals surface area contributed by atoms with Crippen LogP contribution in [0, 0.1) is 0 Å². The molecule has 1 amide bonds. The highest BCUT2D eigenvalue weighted by atomic mass is 16.6. The van der Waals surface area contributed by atoms with Crippen LogP contribution in [0.15, 0.2) is 0 Å². The van der Waals surface area contributed by atoms with Crippen molar-refractivity contribution in [1.29, 1.82) is 0 Å². The molecule has 1 saturated heterocycles. The summed E-state index contributed by atoms with van der Waals surface area (Å²) in [5.74, 6) is 0. The zero-order chi connectivity index (χ0) is 15.2. The van der Waals surface area contributed by atoms with Gasteiger partial charge in [0.1, 0.15) is 5.60 Å². The zero-order valence-electron chi connectivity index (χ0n) is 13.9. The van der Waals surface area contributed by atoms with Crippen molar-refractivity contribution in [1.82, 2.24) is 10.2 Å². The van der Waals surface area contributed by atoms with E-state index in [0.29, 0.717) is 12.1 Å². The van der Waals surface area contributed by atoms with Crippen molar-refractivity contribution in [2.45, 2.75) is 84.4 Å². The minimum absolute atomic E-state index is 0.176. The molecule has 1 N–H and O–H groups in total. The molecule has 118 valence electrons. The predicted octanol–water partition coefficient (Wildman–Crippen LogP) is 3.55. The van der Waals surface area contributed by atoms with Gasteiger partial charge in [0.15, 0.2) is 0 Å². The molecule has 0 aliphatic carbocycles. The molecule has 4 heteroatoms. The van der Waals surface area contributed by atoms with Crippen molar-refractivity contribution in [2.75, 3.05) is 13.1 Å². The van der Waals surface area contributed by atoms with E-state index < -0.39 is 5.60 Å². The maximum absolute atomic E-state index is 12.1. The lowest BCUT2D eigenvalue weighted by Crippen LogP contribution is -2.51. The van der Waals surface area contributed by atoms with Crippen LogP contribution in [0.5, 0.6) is 0 Å². The highest BCUT2D eigenvalue weighted by Crippen LogP contribution is 2.16. The van der Waals surface area contributed by atoms with Crippen LogP contribution < -0.4 is 5.32 Å². The summed E-state index contributed by atoms with van der Waals surface area (Å²) < 4.78 is 5.45. The maximum Gasteiger partial charge on any atom is 0.410 e. The smallest absolute Gasteiger partial charge is 0.410 e. The number of unbranched alkanes of at least 4 members (excludes halogenated alkanes) is 1. The summed E-state index contributed by atoms with van der Waals surface area (Å²) in [4.78, 5) is 13.9. The number of carbonyl (C=O) groups excluding carboxylic acids is 1. The van der Waals surface area contributed by atoms with Crippen LogP contribution in [0.2, 0.25) is 0 Å². The van der Waals surface area contributed by atoms with E-state index in [0.717, 1.165) is 25.9 Å². The summed E-state index contributed by atoms with van der Waals surface area (Å²) in [6.07, 6.45) is 5.73. The van der Waals surface area contributed by atoms with Crippen molar-refractivity contribution < 1.29 is 9.53 Å². The van der Waals surface area contributed by atoms with Gasteiger partial charge in [0.05, 0.1) is 0 Å². The van der Waals surface area contributed by atoms with Gasteiger partial charge in [0.25, 0.3) is 0 Å². The van der Waals surface area contributed by atoms with E-state index >= 15 is 0 Å². The molecule has 0 aromatic heterocycles. The largest absolute Gasteiger partial charge is 0.444 e. The molecule has 0 spiro atoms. The number of nitrogens with zero attached hydrogens (tertiary/aromatic N) is 1. The van der Waals surface area contributed by atoms with Crippen molar-refractivity contribution in [3.8, 4) is 0 Å². The van der Waals surface area contributed by atoms with Gasteiger partial charge in [-0.2, -0.15) is 0 Å². The average Bonchev–Trinajstić information content (AvgIpc) is 2.34. The number of rotatable bonds is 5. The van der Waals surface area contributed by atoms with E-state index in [4.69, 9.17) is 4.74 Å². The Morgan fingerprint density at radius 2 is 2.15 bits per heavy atom. The highest BCUT2D eigenvalue weighted by molar-refractivity contribution is 5.68. The minimum atomic E-state index is -0.411. The third-order valence-corrected chi connectivity index (χ3v) is 3.58. The van der Waals surface area contributed by atoms with Crippen LogP contribution >= 0.6 is 0 Å². The Morgan fingerprint density at radius 3 is 2.75 bits per heavy atom. The minimum Gasteiger partial charge on any atom is -0.444 e. The first-order chi connectivity index (χ1) is 9.31. The summed E-state index contributed by atoms with van der Waals surface area (Å²) in [6, 6.07) is 0.932. The maximum atomic E-state index is 12.1. The topological polar surface area (TPSA) is 41.6 Å². The summed E-state index contributed by atoms with van der Waals surface area (Å²) in [5, 5.41) is 3.65. The molecule has 0 radical (unpaired) electrons. The Kier molecular flexibility index (Phi) is 6.80. The quantitative estimate of drug-likeness (QED) is 0.839. The molecule has 4 nitrogen and oxygen atoms in total. The Bertz CT molecular complexity index is 299. The SMILES string of the molecule is CCCCC(C)NC1CCCN(C(=O)OC(C)(C)C)C1. The van der Waals surface area contributed by atoms with Gasteiger partial charge in [0.2, 0.25) is 0 Å². The number of nitrogens with one attached hydrogen (secondary N) is 1. The third-order valence-electron chi connectivity index (χ3n) is 3.58. The number of hydrogen-bond donors (Lipinski definition) is 1. The van der Waals surface area contributed by atoms with Crippen LogP contribution in [0.4, 0.5) is 4.79 Å².